The molecule has 0 aliphatic carbocycles. The normalized spacial score (nSPS) is 11.9. The maximum Gasteiger partial charge on any atom is 0.0671 e. The van der Waals surface area contributed by atoms with Crippen LogP contribution in [0.25, 0.3) is 22.0 Å². The summed E-state index contributed by atoms with van der Waals surface area (Å²) in [6.45, 7) is 4.29. The van der Waals surface area contributed by atoms with Crippen LogP contribution in [-0.2, 0) is 5.54 Å². The van der Waals surface area contributed by atoms with Crippen LogP contribution in [0, 0.1) is 0 Å². The molecule has 0 aliphatic heterocycles. The first-order chi connectivity index (χ1) is 11.5. The summed E-state index contributed by atoms with van der Waals surface area (Å²) in [7, 11) is 4.14. The number of hydrogen-bond donors (Lipinski definition) is 2. The summed E-state index contributed by atoms with van der Waals surface area (Å²) in [6, 6.07) is 12.9. The summed E-state index contributed by atoms with van der Waals surface area (Å²) in [5, 5.41) is 8.36. The molecule has 0 atom stereocenters. The smallest absolute Gasteiger partial charge is 0.0671 e. The monoisotopic (exact) mass is 322 g/mol. The zero-order valence-corrected chi connectivity index (χ0v) is 14.9. The van der Waals surface area contributed by atoms with Crippen molar-refractivity contribution in [1.29, 1.82) is 0 Å². The summed E-state index contributed by atoms with van der Waals surface area (Å²) >= 11 is 0. The largest absolute Gasteiger partial charge is 0.377 e. The molecule has 0 fully saturated rings. The van der Waals surface area contributed by atoms with Gasteiger partial charge in [-0.3, -0.25) is 5.10 Å². The minimum atomic E-state index is -0.239. The van der Waals surface area contributed by atoms with E-state index in [0.29, 0.717) is 0 Å². The molecule has 0 bridgehead atoms. The van der Waals surface area contributed by atoms with Gasteiger partial charge in [-0.2, -0.15) is 5.10 Å². The van der Waals surface area contributed by atoms with Crippen molar-refractivity contribution in [2.75, 3.05) is 19.0 Å². The van der Waals surface area contributed by atoms with Crippen LogP contribution in [0.4, 0.5) is 5.69 Å². The molecule has 2 aromatic carbocycles. The Morgan fingerprint density at radius 2 is 1.71 bits per heavy atom. The summed E-state index contributed by atoms with van der Waals surface area (Å²) in [5.74, 6) is 0. The van der Waals surface area contributed by atoms with Crippen molar-refractivity contribution < 1.29 is 0 Å². The van der Waals surface area contributed by atoms with Gasteiger partial charge in [-0.15, -0.1) is 0 Å². The van der Waals surface area contributed by atoms with Gasteiger partial charge in [0.05, 0.1) is 17.4 Å². The van der Waals surface area contributed by atoms with Gasteiger partial charge < -0.3 is 10.6 Å². The first-order valence-electron chi connectivity index (χ1n) is 8.53. The van der Waals surface area contributed by atoms with Gasteiger partial charge in [0.25, 0.3) is 0 Å². The zero-order valence-electron chi connectivity index (χ0n) is 14.9. The van der Waals surface area contributed by atoms with Crippen LogP contribution in [-0.4, -0.2) is 24.3 Å². The van der Waals surface area contributed by atoms with Gasteiger partial charge in [-0.1, -0.05) is 44.2 Å². The average molecular weight is 322 g/mol. The molecule has 1 aromatic heterocycles. The second-order valence-electron chi connectivity index (χ2n) is 6.63. The Balaban J connectivity index is 2.10. The molecule has 126 valence electrons. The first-order valence-corrected chi connectivity index (χ1v) is 8.53. The molecule has 4 heteroatoms. The van der Waals surface area contributed by atoms with Crippen LogP contribution in [0.15, 0.2) is 42.6 Å². The van der Waals surface area contributed by atoms with Crippen molar-refractivity contribution in [2.45, 2.75) is 32.2 Å². The van der Waals surface area contributed by atoms with Crippen molar-refractivity contribution in [3.63, 3.8) is 0 Å². The van der Waals surface area contributed by atoms with Gasteiger partial charge >= 0.3 is 0 Å². The Morgan fingerprint density at radius 3 is 2.29 bits per heavy atom. The number of aromatic amines is 1. The van der Waals surface area contributed by atoms with E-state index in [0.717, 1.165) is 23.7 Å². The maximum absolute atomic E-state index is 6.52. The Labute approximate surface area is 143 Å². The molecule has 3 rings (SSSR count). The third kappa shape index (κ3) is 2.67. The quantitative estimate of drug-likeness (QED) is 0.737. The molecule has 1 heterocycles. The lowest BCUT2D eigenvalue weighted by Crippen LogP contribution is -2.34. The van der Waals surface area contributed by atoms with Crippen molar-refractivity contribution in [1.82, 2.24) is 10.2 Å². The van der Waals surface area contributed by atoms with E-state index in [1.54, 1.807) is 0 Å². The fourth-order valence-corrected chi connectivity index (χ4v) is 3.36. The van der Waals surface area contributed by atoms with Gasteiger partial charge in [-0.05, 0) is 30.0 Å². The van der Waals surface area contributed by atoms with Crippen molar-refractivity contribution in [3.8, 4) is 11.1 Å². The molecule has 3 N–H and O–H groups in total. The number of fused-ring (bicyclic) bond motifs is 1. The van der Waals surface area contributed by atoms with Crippen LogP contribution in [0.5, 0.6) is 0 Å². The SMILES string of the molecule is CCC(N)(CC)c1ccc(-c2ccc3[nH]ncc3c2N(C)C)cc1. The Morgan fingerprint density at radius 1 is 1.04 bits per heavy atom. The first kappa shape index (κ1) is 16.5. The highest BCUT2D eigenvalue weighted by molar-refractivity contribution is 6.00. The lowest BCUT2D eigenvalue weighted by Gasteiger charge is -2.27. The summed E-state index contributed by atoms with van der Waals surface area (Å²) in [4.78, 5) is 2.15. The number of hydrogen-bond acceptors (Lipinski definition) is 3. The Kier molecular flexibility index (Phi) is 4.33. The van der Waals surface area contributed by atoms with E-state index in [1.165, 1.54) is 22.4 Å². The average Bonchev–Trinajstić information content (AvgIpc) is 3.08. The van der Waals surface area contributed by atoms with E-state index < -0.39 is 0 Å². The van der Waals surface area contributed by atoms with Crippen molar-refractivity contribution >= 4 is 16.6 Å². The molecule has 0 saturated heterocycles. The van der Waals surface area contributed by atoms with Gasteiger partial charge in [0.15, 0.2) is 0 Å². The predicted octanol–water partition coefficient (Wildman–Crippen LogP) is 4.27. The molecule has 0 spiro atoms. The number of nitrogens with one attached hydrogen (secondary N) is 1. The van der Waals surface area contributed by atoms with Crippen molar-refractivity contribution in [2.24, 2.45) is 5.73 Å². The summed E-state index contributed by atoms with van der Waals surface area (Å²) in [6.07, 6.45) is 3.77. The standard InChI is InChI=1S/C20H26N4/c1-5-20(21,6-2)15-9-7-14(8-10-15)16-11-12-18-17(13-22-23-18)19(16)24(3)4/h7-13H,5-6,21H2,1-4H3,(H,22,23). The minimum Gasteiger partial charge on any atom is -0.377 e. The fourth-order valence-electron chi connectivity index (χ4n) is 3.36. The Hall–Kier alpha value is -2.33. The molecule has 0 unspecified atom stereocenters. The third-order valence-corrected chi connectivity index (χ3v) is 5.08. The second-order valence-corrected chi connectivity index (χ2v) is 6.63. The van der Waals surface area contributed by atoms with E-state index in [-0.39, 0.29) is 5.54 Å². The van der Waals surface area contributed by atoms with E-state index in [9.17, 15) is 0 Å². The highest BCUT2D eigenvalue weighted by Gasteiger charge is 2.22. The number of aromatic nitrogens is 2. The molecule has 24 heavy (non-hydrogen) atoms. The number of rotatable bonds is 5. The fraction of sp³-hybridized carbons (Fsp3) is 0.350. The topological polar surface area (TPSA) is 57.9 Å². The van der Waals surface area contributed by atoms with Gasteiger partial charge in [0.2, 0.25) is 0 Å². The predicted molar refractivity (Wildman–Crippen MR) is 102 cm³/mol. The van der Waals surface area contributed by atoms with E-state index in [4.69, 9.17) is 5.73 Å². The molecule has 0 radical (unpaired) electrons. The van der Waals surface area contributed by atoms with Crippen LogP contribution in [0.3, 0.4) is 0 Å². The van der Waals surface area contributed by atoms with Gasteiger partial charge in [-0.25, -0.2) is 0 Å². The van der Waals surface area contributed by atoms with E-state index in [1.807, 2.05) is 6.20 Å². The second kappa shape index (κ2) is 6.29. The van der Waals surface area contributed by atoms with Gasteiger partial charge in [0, 0.05) is 30.6 Å². The Bertz CT molecular complexity index is 826. The van der Waals surface area contributed by atoms with Crippen LogP contribution in [0.2, 0.25) is 0 Å². The van der Waals surface area contributed by atoms with E-state index in [2.05, 4.69) is 79.4 Å². The highest BCUT2D eigenvalue weighted by Crippen LogP contribution is 2.37. The molecule has 3 aromatic rings. The third-order valence-electron chi connectivity index (χ3n) is 5.08. The number of nitrogens with zero attached hydrogens (tertiary/aromatic N) is 2. The summed E-state index contributed by atoms with van der Waals surface area (Å²) in [5.41, 5.74) is 12.1. The summed E-state index contributed by atoms with van der Waals surface area (Å²) < 4.78 is 0. The number of benzene rings is 2. The molecule has 0 saturated carbocycles. The van der Waals surface area contributed by atoms with Crippen LogP contribution >= 0.6 is 0 Å². The van der Waals surface area contributed by atoms with E-state index >= 15 is 0 Å². The van der Waals surface area contributed by atoms with Crippen LogP contribution in [0.1, 0.15) is 32.3 Å². The lowest BCUT2D eigenvalue weighted by molar-refractivity contribution is 0.413. The minimum absolute atomic E-state index is 0.239. The lowest BCUT2D eigenvalue weighted by atomic mass is 9.85. The molecule has 4 nitrogen and oxygen atoms in total. The zero-order chi connectivity index (χ0) is 17.3. The molecule has 0 amide bonds. The number of H-pyrrole nitrogens is 1. The van der Waals surface area contributed by atoms with Gasteiger partial charge in [0.1, 0.15) is 0 Å². The maximum atomic E-state index is 6.52. The highest BCUT2D eigenvalue weighted by atomic mass is 15.1. The molecular weight excluding hydrogens is 296 g/mol. The van der Waals surface area contributed by atoms with Crippen molar-refractivity contribution in [3.05, 3.63) is 48.2 Å². The number of nitrogens with two attached hydrogens (primary N) is 1. The molecular formula is C20H26N4. The number of anilines is 1. The molecule has 0 aliphatic rings. The van der Waals surface area contributed by atoms with Crippen LogP contribution < -0.4 is 10.6 Å².